The molecule has 8 heteroatoms. The Kier molecular flexibility index (Phi) is 6.08. The summed E-state index contributed by atoms with van der Waals surface area (Å²) in [6, 6.07) is 9.53. The summed E-state index contributed by atoms with van der Waals surface area (Å²) in [6.07, 6.45) is 2.81. The van der Waals surface area contributed by atoms with Crippen molar-refractivity contribution in [2.75, 3.05) is 13.1 Å². The van der Waals surface area contributed by atoms with Crippen LogP contribution in [0.2, 0.25) is 0 Å². The highest BCUT2D eigenvalue weighted by atomic mass is 32.2. The Morgan fingerprint density at radius 1 is 1.04 bits per heavy atom. The number of sulfonamides is 1. The predicted octanol–water partition coefficient (Wildman–Crippen LogP) is 3.27. The lowest BCUT2D eigenvalue weighted by molar-refractivity contribution is -0.133. The number of thiophene rings is 1. The molecule has 1 aromatic heterocycles. The standard InChI is InChI=1S/C19H21NO5S2/c1-14(21)15-5-7-16(8-6-15)25-18(22)13-17-9-10-19(26-17)27(23,24)20-11-3-2-4-12-20/h5-10H,2-4,11-13H2,1H3. The molecule has 0 bridgehead atoms. The molecule has 6 nitrogen and oxygen atoms in total. The van der Waals surface area contributed by atoms with Crippen LogP contribution in [0.5, 0.6) is 5.75 Å². The van der Waals surface area contributed by atoms with Crippen LogP contribution in [0, 0.1) is 0 Å². The van der Waals surface area contributed by atoms with Crippen LogP contribution in [-0.2, 0) is 21.2 Å². The van der Waals surface area contributed by atoms with Gasteiger partial charge in [0.05, 0.1) is 6.42 Å². The molecular weight excluding hydrogens is 386 g/mol. The Morgan fingerprint density at radius 3 is 2.33 bits per heavy atom. The summed E-state index contributed by atoms with van der Waals surface area (Å²) in [5.41, 5.74) is 0.542. The van der Waals surface area contributed by atoms with Gasteiger partial charge >= 0.3 is 5.97 Å². The van der Waals surface area contributed by atoms with E-state index in [1.54, 1.807) is 36.4 Å². The van der Waals surface area contributed by atoms with Crippen molar-refractivity contribution in [3.05, 3.63) is 46.8 Å². The zero-order chi connectivity index (χ0) is 19.4. The summed E-state index contributed by atoms with van der Waals surface area (Å²) in [4.78, 5) is 24.0. The maximum absolute atomic E-state index is 12.7. The van der Waals surface area contributed by atoms with Crippen molar-refractivity contribution in [1.82, 2.24) is 4.31 Å². The predicted molar refractivity (Wildman–Crippen MR) is 103 cm³/mol. The van der Waals surface area contributed by atoms with Crippen LogP contribution in [0.4, 0.5) is 0 Å². The highest BCUT2D eigenvalue weighted by molar-refractivity contribution is 7.91. The highest BCUT2D eigenvalue weighted by Gasteiger charge is 2.27. The Balaban J connectivity index is 1.63. The minimum atomic E-state index is -3.48. The summed E-state index contributed by atoms with van der Waals surface area (Å²) < 4.78 is 32.4. The summed E-state index contributed by atoms with van der Waals surface area (Å²) >= 11 is 1.10. The van der Waals surface area contributed by atoms with Crippen LogP contribution in [0.1, 0.15) is 41.4 Å². The number of carbonyl (C=O) groups excluding carboxylic acids is 2. The fraction of sp³-hybridized carbons (Fsp3) is 0.368. The Labute approximate surface area is 162 Å². The van der Waals surface area contributed by atoms with E-state index in [1.807, 2.05) is 0 Å². The van der Waals surface area contributed by atoms with Gasteiger partial charge in [-0.25, -0.2) is 8.42 Å². The zero-order valence-electron chi connectivity index (χ0n) is 15.0. The number of ether oxygens (including phenoxy) is 1. The van der Waals surface area contributed by atoms with Gasteiger partial charge in [0.25, 0.3) is 10.0 Å². The van der Waals surface area contributed by atoms with Crippen molar-refractivity contribution in [3.8, 4) is 5.75 Å². The molecule has 1 aliphatic rings. The largest absolute Gasteiger partial charge is 0.426 e. The fourth-order valence-electron chi connectivity index (χ4n) is 2.89. The number of ketones is 1. The fourth-order valence-corrected chi connectivity index (χ4v) is 5.90. The average Bonchev–Trinajstić information content (AvgIpc) is 3.12. The first kappa shape index (κ1) is 19.7. The van der Waals surface area contributed by atoms with Gasteiger partial charge in [-0.1, -0.05) is 6.42 Å². The third kappa shape index (κ3) is 4.82. The number of hydrogen-bond donors (Lipinski definition) is 0. The van der Waals surface area contributed by atoms with E-state index in [0.717, 1.165) is 30.6 Å². The van der Waals surface area contributed by atoms with Crippen LogP contribution < -0.4 is 4.74 Å². The van der Waals surface area contributed by atoms with Crippen molar-refractivity contribution in [2.45, 2.75) is 36.8 Å². The van der Waals surface area contributed by atoms with Gasteiger partial charge in [-0.2, -0.15) is 4.31 Å². The zero-order valence-corrected chi connectivity index (χ0v) is 16.6. The van der Waals surface area contributed by atoms with E-state index >= 15 is 0 Å². The normalized spacial score (nSPS) is 15.4. The third-order valence-electron chi connectivity index (χ3n) is 4.36. The molecule has 1 aliphatic heterocycles. The Morgan fingerprint density at radius 2 is 1.70 bits per heavy atom. The van der Waals surface area contributed by atoms with E-state index in [4.69, 9.17) is 4.74 Å². The van der Waals surface area contributed by atoms with Gasteiger partial charge in [-0.05, 0) is 56.2 Å². The third-order valence-corrected chi connectivity index (χ3v) is 7.81. The highest BCUT2D eigenvalue weighted by Crippen LogP contribution is 2.27. The minimum Gasteiger partial charge on any atom is -0.426 e. The number of benzene rings is 1. The van der Waals surface area contributed by atoms with Gasteiger partial charge in [-0.3, -0.25) is 9.59 Å². The van der Waals surface area contributed by atoms with Gasteiger partial charge in [0, 0.05) is 23.5 Å². The lowest BCUT2D eigenvalue weighted by Crippen LogP contribution is -2.35. The van der Waals surface area contributed by atoms with Crippen LogP contribution in [0.15, 0.2) is 40.6 Å². The molecule has 0 spiro atoms. The van der Waals surface area contributed by atoms with Crippen LogP contribution in [0.25, 0.3) is 0 Å². The molecule has 0 amide bonds. The lowest BCUT2D eigenvalue weighted by Gasteiger charge is -2.25. The first-order valence-corrected chi connectivity index (χ1v) is 11.0. The van der Waals surface area contributed by atoms with E-state index in [-0.39, 0.29) is 16.4 Å². The molecule has 3 rings (SSSR count). The molecule has 1 aromatic carbocycles. The van der Waals surface area contributed by atoms with Crippen molar-refractivity contribution in [2.24, 2.45) is 0 Å². The molecular formula is C19H21NO5S2. The number of hydrogen-bond acceptors (Lipinski definition) is 6. The van der Waals surface area contributed by atoms with E-state index in [9.17, 15) is 18.0 Å². The smallest absolute Gasteiger partial charge is 0.316 e. The molecule has 144 valence electrons. The topological polar surface area (TPSA) is 80.8 Å². The van der Waals surface area contributed by atoms with Crippen molar-refractivity contribution < 1.29 is 22.7 Å². The maximum atomic E-state index is 12.7. The molecule has 2 heterocycles. The maximum Gasteiger partial charge on any atom is 0.316 e. The molecule has 1 fully saturated rings. The first-order valence-electron chi connectivity index (χ1n) is 8.77. The number of rotatable bonds is 6. The quantitative estimate of drug-likeness (QED) is 0.417. The second-order valence-corrected chi connectivity index (χ2v) is 9.75. The van der Waals surface area contributed by atoms with Gasteiger partial charge < -0.3 is 4.74 Å². The molecule has 0 aliphatic carbocycles. The summed E-state index contributed by atoms with van der Waals surface area (Å²) in [5.74, 6) is -0.189. The molecule has 0 atom stereocenters. The van der Waals surface area contributed by atoms with Gasteiger partial charge in [0.1, 0.15) is 9.96 Å². The monoisotopic (exact) mass is 407 g/mol. The first-order chi connectivity index (χ1) is 12.9. The molecule has 0 saturated carbocycles. The van der Waals surface area contributed by atoms with E-state index in [0.29, 0.717) is 29.3 Å². The second-order valence-electron chi connectivity index (χ2n) is 6.42. The molecule has 0 radical (unpaired) electrons. The van der Waals surface area contributed by atoms with Gasteiger partial charge in [0.15, 0.2) is 5.78 Å². The van der Waals surface area contributed by atoms with E-state index in [1.165, 1.54) is 11.2 Å². The molecule has 1 saturated heterocycles. The lowest BCUT2D eigenvalue weighted by atomic mass is 10.1. The number of Topliss-reactive ketones (excluding diaryl/α,β-unsaturated/α-hetero) is 1. The molecule has 0 unspecified atom stereocenters. The van der Waals surface area contributed by atoms with Crippen molar-refractivity contribution >= 4 is 33.1 Å². The van der Waals surface area contributed by atoms with Crippen LogP contribution >= 0.6 is 11.3 Å². The van der Waals surface area contributed by atoms with Crippen molar-refractivity contribution in [1.29, 1.82) is 0 Å². The van der Waals surface area contributed by atoms with Crippen molar-refractivity contribution in [3.63, 3.8) is 0 Å². The second kappa shape index (κ2) is 8.33. The number of nitrogens with zero attached hydrogens (tertiary/aromatic N) is 1. The summed E-state index contributed by atoms with van der Waals surface area (Å²) in [6.45, 7) is 2.56. The minimum absolute atomic E-state index is 0.00531. The number of esters is 1. The average molecular weight is 408 g/mol. The summed E-state index contributed by atoms with van der Waals surface area (Å²) in [5, 5.41) is 0. The molecule has 0 N–H and O–H groups in total. The van der Waals surface area contributed by atoms with Crippen LogP contribution in [0.3, 0.4) is 0 Å². The number of carbonyl (C=O) groups is 2. The Hall–Kier alpha value is -2.03. The molecule has 2 aromatic rings. The van der Waals surface area contributed by atoms with Gasteiger partial charge in [0.2, 0.25) is 0 Å². The summed E-state index contributed by atoms with van der Waals surface area (Å²) in [7, 11) is -3.48. The number of piperidine rings is 1. The van der Waals surface area contributed by atoms with Gasteiger partial charge in [-0.15, -0.1) is 11.3 Å². The SMILES string of the molecule is CC(=O)c1ccc(OC(=O)Cc2ccc(S(=O)(=O)N3CCCCC3)s2)cc1. The Bertz CT molecular complexity index is 925. The van der Waals surface area contributed by atoms with E-state index in [2.05, 4.69) is 0 Å². The molecule has 27 heavy (non-hydrogen) atoms. The van der Waals surface area contributed by atoms with E-state index < -0.39 is 16.0 Å². The van der Waals surface area contributed by atoms with Crippen LogP contribution in [-0.4, -0.2) is 37.6 Å².